The van der Waals surface area contributed by atoms with E-state index >= 15 is 0 Å². The maximum absolute atomic E-state index is 10.7. The average molecular weight is 188 g/mol. The number of primary amides is 1. The summed E-state index contributed by atoms with van der Waals surface area (Å²) in [7, 11) is 0. The molecular formula is C8H16N2OS. The highest BCUT2D eigenvalue weighted by Crippen LogP contribution is 2.17. The first-order valence-corrected chi connectivity index (χ1v) is 5.48. The van der Waals surface area contributed by atoms with Crippen LogP contribution in [0.1, 0.15) is 19.8 Å². The second kappa shape index (κ2) is 4.72. The van der Waals surface area contributed by atoms with E-state index in [0.717, 1.165) is 5.75 Å². The van der Waals surface area contributed by atoms with Crippen LogP contribution < -0.4 is 11.1 Å². The van der Waals surface area contributed by atoms with Crippen LogP contribution in [0.15, 0.2) is 0 Å². The van der Waals surface area contributed by atoms with Crippen molar-refractivity contribution in [3.8, 4) is 0 Å². The van der Waals surface area contributed by atoms with Gasteiger partial charge in [0.1, 0.15) is 0 Å². The average Bonchev–Trinajstić information content (AvgIpc) is 2.06. The number of amides is 1. The van der Waals surface area contributed by atoms with Crippen molar-refractivity contribution in [3.05, 3.63) is 0 Å². The van der Waals surface area contributed by atoms with Crippen LogP contribution in [0.4, 0.5) is 0 Å². The van der Waals surface area contributed by atoms with Crippen molar-refractivity contribution in [2.75, 3.05) is 11.5 Å². The molecule has 0 spiro atoms. The Hall–Kier alpha value is -0.220. The molecule has 4 heteroatoms. The van der Waals surface area contributed by atoms with Gasteiger partial charge in [-0.3, -0.25) is 4.79 Å². The number of carbonyl (C=O) groups is 1. The third-order valence-corrected chi connectivity index (χ3v) is 3.29. The number of hydrogen-bond acceptors (Lipinski definition) is 3. The van der Waals surface area contributed by atoms with Gasteiger partial charge in [0.25, 0.3) is 0 Å². The van der Waals surface area contributed by atoms with E-state index in [1.807, 2.05) is 18.7 Å². The third-order valence-electron chi connectivity index (χ3n) is 2.07. The first kappa shape index (κ1) is 9.86. The highest BCUT2D eigenvalue weighted by molar-refractivity contribution is 7.99. The summed E-state index contributed by atoms with van der Waals surface area (Å²) < 4.78 is 0. The van der Waals surface area contributed by atoms with Gasteiger partial charge in [-0.1, -0.05) is 0 Å². The van der Waals surface area contributed by atoms with Gasteiger partial charge < -0.3 is 11.1 Å². The largest absolute Gasteiger partial charge is 0.368 e. The minimum Gasteiger partial charge on any atom is -0.368 e. The number of nitrogens with one attached hydrogen (secondary N) is 1. The van der Waals surface area contributed by atoms with Crippen LogP contribution in [0.25, 0.3) is 0 Å². The lowest BCUT2D eigenvalue weighted by atomic mass is 10.1. The van der Waals surface area contributed by atoms with Crippen LogP contribution in [-0.4, -0.2) is 29.5 Å². The summed E-state index contributed by atoms with van der Waals surface area (Å²) >= 11 is 1.94. The number of thioether (sulfide) groups is 1. The minimum atomic E-state index is -0.259. The van der Waals surface area contributed by atoms with Crippen LogP contribution >= 0.6 is 11.8 Å². The fourth-order valence-corrected chi connectivity index (χ4v) is 2.39. The normalized spacial score (nSPS) is 26.6. The fourth-order valence-electron chi connectivity index (χ4n) is 1.31. The van der Waals surface area contributed by atoms with Gasteiger partial charge in [-0.25, -0.2) is 0 Å². The second-order valence-corrected chi connectivity index (χ2v) is 4.35. The molecule has 2 atom stereocenters. The van der Waals surface area contributed by atoms with E-state index in [1.165, 1.54) is 18.6 Å². The summed E-state index contributed by atoms with van der Waals surface area (Å²) in [6, 6.07) is 0.292. The molecule has 1 fully saturated rings. The van der Waals surface area contributed by atoms with Crippen LogP contribution in [-0.2, 0) is 4.79 Å². The summed E-state index contributed by atoms with van der Waals surface area (Å²) in [5.41, 5.74) is 5.14. The Balaban J connectivity index is 2.24. The maximum Gasteiger partial charge on any atom is 0.234 e. The summed E-state index contributed by atoms with van der Waals surface area (Å²) in [6.07, 6.45) is 2.42. The van der Waals surface area contributed by atoms with E-state index in [-0.39, 0.29) is 11.9 Å². The molecule has 0 aromatic heterocycles. The minimum absolute atomic E-state index is 0.186. The number of rotatable bonds is 3. The van der Waals surface area contributed by atoms with E-state index in [4.69, 9.17) is 5.73 Å². The molecule has 3 nitrogen and oxygen atoms in total. The van der Waals surface area contributed by atoms with Crippen molar-refractivity contribution < 1.29 is 4.79 Å². The molecule has 1 rings (SSSR count). The zero-order valence-corrected chi connectivity index (χ0v) is 8.19. The van der Waals surface area contributed by atoms with E-state index in [2.05, 4.69) is 5.32 Å². The molecule has 3 N–H and O–H groups in total. The van der Waals surface area contributed by atoms with Gasteiger partial charge in [0, 0.05) is 11.8 Å². The Morgan fingerprint density at radius 3 is 3.00 bits per heavy atom. The van der Waals surface area contributed by atoms with Gasteiger partial charge in [0.15, 0.2) is 0 Å². The number of carbonyl (C=O) groups excluding carboxylic acids is 1. The Bertz CT molecular complexity index is 157. The molecule has 0 radical (unpaired) electrons. The molecule has 0 aromatic rings. The molecule has 1 aliphatic rings. The number of hydrogen-bond donors (Lipinski definition) is 2. The molecule has 1 saturated heterocycles. The monoisotopic (exact) mass is 188 g/mol. The van der Waals surface area contributed by atoms with Gasteiger partial charge >= 0.3 is 0 Å². The molecule has 12 heavy (non-hydrogen) atoms. The molecule has 0 saturated carbocycles. The van der Waals surface area contributed by atoms with Crippen LogP contribution in [0.5, 0.6) is 0 Å². The third kappa shape index (κ3) is 3.03. The molecule has 70 valence electrons. The SMILES string of the molecule is CC(NC1CCCSC1)C(N)=O. The Morgan fingerprint density at radius 2 is 2.50 bits per heavy atom. The Kier molecular flexibility index (Phi) is 3.88. The van der Waals surface area contributed by atoms with Gasteiger partial charge in [-0.05, 0) is 25.5 Å². The van der Waals surface area contributed by atoms with Crippen molar-refractivity contribution in [2.45, 2.75) is 31.8 Å². The highest BCUT2D eigenvalue weighted by atomic mass is 32.2. The highest BCUT2D eigenvalue weighted by Gasteiger charge is 2.17. The molecule has 1 aliphatic heterocycles. The van der Waals surface area contributed by atoms with Gasteiger partial charge in [0.05, 0.1) is 6.04 Å². The Labute approximate surface area is 77.5 Å². The number of nitrogens with two attached hydrogens (primary N) is 1. The van der Waals surface area contributed by atoms with Gasteiger partial charge in [-0.15, -0.1) is 0 Å². The topological polar surface area (TPSA) is 55.1 Å². The summed E-state index contributed by atoms with van der Waals surface area (Å²) in [5, 5.41) is 3.22. The lowest BCUT2D eigenvalue weighted by Gasteiger charge is -2.24. The molecule has 1 heterocycles. The summed E-state index contributed by atoms with van der Waals surface area (Å²) in [5.74, 6) is 2.10. The van der Waals surface area contributed by atoms with Crippen molar-refractivity contribution in [3.63, 3.8) is 0 Å². The molecule has 0 aromatic carbocycles. The zero-order chi connectivity index (χ0) is 8.97. The van der Waals surface area contributed by atoms with Crippen LogP contribution in [0.3, 0.4) is 0 Å². The van der Waals surface area contributed by atoms with Gasteiger partial charge in [0.2, 0.25) is 5.91 Å². The van der Waals surface area contributed by atoms with Crippen molar-refractivity contribution in [1.82, 2.24) is 5.32 Å². The molecule has 0 bridgehead atoms. The predicted octanol–water partition coefficient (Wildman–Crippen LogP) is 0.345. The zero-order valence-electron chi connectivity index (χ0n) is 7.38. The van der Waals surface area contributed by atoms with Crippen LogP contribution in [0, 0.1) is 0 Å². The lowest BCUT2D eigenvalue weighted by Crippen LogP contribution is -2.46. The smallest absolute Gasteiger partial charge is 0.234 e. The van der Waals surface area contributed by atoms with Crippen molar-refractivity contribution in [2.24, 2.45) is 5.73 Å². The molecule has 2 unspecified atom stereocenters. The van der Waals surface area contributed by atoms with E-state index < -0.39 is 0 Å². The fraction of sp³-hybridized carbons (Fsp3) is 0.875. The first-order valence-electron chi connectivity index (χ1n) is 4.33. The quantitative estimate of drug-likeness (QED) is 0.672. The van der Waals surface area contributed by atoms with E-state index in [0.29, 0.717) is 6.04 Å². The van der Waals surface area contributed by atoms with Crippen LogP contribution in [0.2, 0.25) is 0 Å². The van der Waals surface area contributed by atoms with Crippen molar-refractivity contribution >= 4 is 17.7 Å². The maximum atomic E-state index is 10.7. The van der Waals surface area contributed by atoms with E-state index in [9.17, 15) is 4.79 Å². The first-order chi connectivity index (χ1) is 5.70. The summed E-state index contributed by atoms with van der Waals surface area (Å²) in [4.78, 5) is 10.7. The van der Waals surface area contributed by atoms with Gasteiger partial charge in [-0.2, -0.15) is 11.8 Å². The standard InChI is InChI=1S/C8H16N2OS/c1-6(8(9)11)10-7-3-2-4-12-5-7/h6-7,10H,2-5H2,1H3,(H2,9,11). The van der Waals surface area contributed by atoms with E-state index in [1.54, 1.807) is 0 Å². The summed E-state index contributed by atoms with van der Waals surface area (Å²) in [6.45, 7) is 1.82. The molecular weight excluding hydrogens is 172 g/mol. The Morgan fingerprint density at radius 1 is 1.75 bits per heavy atom. The lowest BCUT2D eigenvalue weighted by molar-refractivity contribution is -0.119. The molecule has 1 amide bonds. The van der Waals surface area contributed by atoms with Crippen molar-refractivity contribution in [1.29, 1.82) is 0 Å². The molecule has 0 aliphatic carbocycles. The predicted molar refractivity (Wildman–Crippen MR) is 52.1 cm³/mol. The second-order valence-electron chi connectivity index (χ2n) is 3.20.